The van der Waals surface area contributed by atoms with E-state index in [0.29, 0.717) is 0 Å². The van der Waals surface area contributed by atoms with Gasteiger partial charge >= 0.3 is 11.7 Å². The molecule has 1 rings (SSSR count). The van der Waals surface area contributed by atoms with Crippen LogP contribution in [0.1, 0.15) is 6.92 Å². The first-order valence-electron chi connectivity index (χ1n) is 6.49. The van der Waals surface area contributed by atoms with Crippen LogP contribution in [0.25, 0.3) is 0 Å². The van der Waals surface area contributed by atoms with E-state index in [4.69, 9.17) is 0 Å². The number of non-ortho nitro benzene ring substituents is 1. The molecule has 0 spiro atoms. The molecule has 2 N–H and O–H groups in total. The summed E-state index contributed by atoms with van der Waals surface area (Å²) in [7, 11) is 0. The first-order valence-corrected chi connectivity index (χ1v) is 6.49. The highest BCUT2D eigenvalue weighted by atomic mass is 16.6. The van der Waals surface area contributed by atoms with Gasteiger partial charge in [0.15, 0.2) is 6.04 Å². The van der Waals surface area contributed by atoms with Crippen molar-refractivity contribution in [2.24, 2.45) is 0 Å². The monoisotopic (exact) mass is 343 g/mol. The number of benzene rings is 1. The fraction of sp³-hybridized carbons (Fsp3) is 0.364. The quantitative estimate of drug-likeness (QED) is 0.366. The third kappa shape index (κ3) is 5.13. The van der Waals surface area contributed by atoms with Gasteiger partial charge in [-0.25, -0.2) is 5.43 Å². The zero-order valence-corrected chi connectivity index (χ0v) is 12.3. The topological polar surface area (TPSA) is 180 Å². The van der Waals surface area contributed by atoms with Gasteiger partial charge in [-0.3, -0.25) is 35.1 Å². The average molecular weight is 343 g/mol. The second-order valence-corrected chi connectivity index (χ2v) is 4.30. The van der Waals surface area contributed by atoms with E-state index in [2.05, 4.69) is 15.6 Å². The highest BCUT2D eigenvalue weighted by Crippen LogP contribution is 2.28. The third-order valence-corrected chi connectivity index (χ3v) is 2.67. The molecular weight excluding hydrogens is 330 g/mol. The van der Waals surface area contributed by atoms with E-state index >= 15 is 0 Å². The summed E-state index contributed by atoms with van der Waals surface area (Å²) in [5, 5.41) is 32.2. The normalized spacial score (nSPS) is 11.4. The summed E-state index contributed by atoms with van der Waals surface area (Å²) in [6.07, 6.45) is 0. The molecule has 0 heterocycles. The van der Waals surface area contributed by atoms with Crippen LogP contribution in [0.3, 0.4) is 0 Å². The van der Waals surface area contributed by atoms with E-state index in [9.17, 15) is 35.1 Å². The Morgan fingerprint density at radius 3 is 2.38 bits per heavy atom. The molecule has 13 nitrogen and oxygen atoms in total. The molecule has 1 atom stereocenters. The average Bonchev–Trinajstić information content (AvgIpc) is 2.50. The minimum absolute atomic E-state index is 0.00753. The Labute approximate surface area is 134 Å². The summed E-state index contributed by atoms with van der Waals surface area (Å²) in [4.78, 5) is 41.4. The van der Waals surface area contributed by atoms with Crippen LogP contribution in [-0.2, 0) is 9.53 Å². The Kier molecular flexibility index (Phi) is 6.49. The van der Waals surface area contributed by atoms with E-state index in [0.717, 1.165) is 18.2 Å². The predicted octanol–water partition coefficient (Wildman–Crippen LogP) is 0.628. The summed E-state index contributed by atoms with van der Waals surface area (Å²) in [5.74, 6) is -0.925. The zero-order chi connectivity index (χ0) is 18.3. The van der Waals surface area contributed by atoms with Gasteiger partial charge in [0.1, 0.15) is 5.69 Å². The van der Waals surface area contributed by atoms with Crippen LogP contribution < -0.4 is 10.9 Å². The van der Waals surface area contributed by atoms with E-state index in [1.165, 1.54) is 6.92 Å². The molecule has 0 bridgehead atoms. The number of esters is 1. The number of rotatable bonds is 9. The van der Waals surface area contributed by atoms with Crippen molar-refractivity contribution < 1.29 is 24.3 Å². The number of ether oxygens (including phenoxy) is 1. The van der Waals surface area contributed by atoms with Crippen molar-refractivity contribution >= 4 is 23.0 Å². The maximum atomic E-state index is 11.6. The summed E-state index contributed by atoms with van der Waals surface area (Å²) < 4.78 is 4.65. The van der Waals surface area contributed by atoms with Crippen molar-refractivity contribution in [3.63, 3.8) is 0 Å². The Morgan fingerprint density at radius 1 is 1.21 bits per heavy atom. The zero-order valence-electron chi connectivity index (χ0n) is 12.3. The lowest BCUT2D eigenvalue weighted by Crippen LogP contribution is -2.46. The lowest BCUT2D eigenvalue weighted by Gasteiger charge is -2.15. The van der Waals surface area contributed by atoms with Gasteiger partial charge in [-0.15, -0.1) is 0 Å². The Bertz CT molecular complexity index is 664. The van der Waals surface area contributed by atoms with Gasteiger partial charge in [0, 0.05) is 11.0 Å². The number of nitro groups is 3. The minimum Gasteiger partial charge on any atom is -0.465 e. The molecule has 0 saturated carbocycles. The number of carbonyl (C=O) groups is 1. The number of nitrogens with zero attached hydrogens (tertiary/aromatic N) is 3. The highest BCUT2D eigenvalue weighted by molar-refractivity contribution is 5.76. The smallest absolute Gasteiger partial charge is 0.331 e. The van der Waals surface area contributed by atoms with Gasteiger partial charge < -0.3 is 10.2 Å². The van der Waals surface area contributed by atoms with Crippen LogP contribution in [0.15, 0.2) is 18.2 Å². The minimum atomic E-state index is -1.41. The molecule has 0 amide bonds. The van der Waals surface area contributed by atoms with Gasteiger partial charge in [-0.1, -0.05) is 0 Å². The second-order valence-electron chi connectivity index (χ2n) is 4.30. The SMILES string of the molecule is CCOC(=O)C(C[N+](=O)[O-])NNc1ccc([N+](=O)[O-])cc1[N+](=O)[O-]. The van der Waals surface area contributed by atoms with Crippen molar-refractivity contribution in [1.82, 2.24) is 5.43 Å². The molecule has 0 fully saturated rings. The molecule has 0 aliphatic rings. The molecule has 13 heteroatoms. The maximum absolute atomic E-state index is 11.6. The first-order chi connectivity index (χ1) is 11.3. The predicted molar refractivity (Wildman–Crippen MR) is 78.8 cm³/mol. The molecule has 0 aliphatic carbocycles. The molecule has 0 radical (unpaired) electrons. The van der Waals surface area contributed by atoms with Crippen LogP contribution in [0.2, 0.25) is 0 Å². The lowest BCUT2D eigenvalue weighted by molar-refractivity contribution is -0.481. The van der Waals surface area contributed by atoms with Crippen LogP contribution in [0, 0.1) is 30.3 Å². The fourth-order valence-corrected chi connectivity index (χ4v) is 1.63. The van der Waals surface area contributed by atoms with Gasteiger partial charge in [-0.05, 0) is 13.0 Å². The molecule has 0 aromatic heterocycles. The summed E-state index contributed by atoms with van der Waals surface area (Å²) in [6.45, 7) is 0.675. The third-order valence-electron chi connectivity index (χ3n) is 2.67. The molecule has 1 unspecified atom stereocenters. The number of hydrogen-bond donors (Lipinski definition) is 2. The van der Waals surface area contributed by atoms with Crippen molar-refractivity contribution in [1.29, 1.82) is 0 Å². The van der Waals surface area contributed by atoms with Crippen LogP contribution in [-0.4, -0.2) is 39.9 Å². The van der Waals surface area contributed by atoms with Crippen molar-refractivity contribution in [2.45, 2.75) is 13.0 Å². The molecule has 1 aromatic carbocycles. The summed E-state index contributed by atoms with van der Waals surface area (Å²) in [5.41, 5.74) is 3.20. The first kappa shape index (κ1) is 18.7. The molecule has 1 aromatic rings. The van der Waals surface area contributed by atoms with Crippen molar-refractivity contribution in [2.75, 3.05) is 18.6 Å². The number of hydrogen-bond acceptors (Lipinski definition) is 10. The van der Waals surface area contributed by atoms with Crippen LogP contribution in [0.5, 0.6) is 0 Å². The van der Waals surface area contributed by atoms with Crippen molar-refractivity contribution in [3.05, 3.63) is 48.5 Å². The number of anilines is 1. The highest BCUT2D eigenvalue weighted by Gasteiger charge is 2.27. The Morgan fingerprint density at radius 2 is 1.88 bits per heavy atom. The van der Waals surface area contributed by atoms with Crippen LogP contribution >= 0.6 is 0 Å². The van der Waals surface area contributed by atoms with E-state index in [1.807, 2.05) is 0 Å². The number of hydrazine groups is 1. The Balaban J connectivity index is 2.97. The number of nitrogens with one attached hydrogen (secondary N) is 2. The number of carbonyl (C=O) groups excluding carboxylic acids is 1. The lowest BCUT2D eigenvalue weighted by atomic mass is 10.2. The van der Waals surface area contributed by atoms with E-state index < -0.39 is 44.7 Å². The van der Waals surface area contributed by atoms with Gasteiger partial charge in [0.2, 0.25) is 6.54 Å². The van der Waals surface area contributed by atoms with E-state index in [1.54, 1.807) is 0 Å². The number of nitro benzene ring substituents is 2. The van der Waals surface area contributed by atoms with E-state index in [-0.39, 0.29) is 12.3 Å². The largest absolute Gasteiger partial charge is 0.465 e. The molecular formula is C11H13N5O8. The molecule has 130 valence electrons. The molecule has 0 aliphatic heterocycles. The molecule has 0 saturated heterocycles. The van der Waals surface area contributed by atoms with Crippen LogP contribution in [0.4, 0.5) is 17.1 Å². The van der Waals surface area contributed by atoms with Crippen molar-refractivity contribution in [3.8, 4) is 0 Å². The Hall–Kier alpha value is -3.35. The second kappa shape index (κ2) is 8.33. The fourth-order valence-electron chi connectivity index (χ4n) is 1.63. The standard InChI is InChI=1S/C11H13N5O8/c1-2-24-11(17)9(6-14(18)19)13-12-8-4-3-7(15(20)21)5-10(8)16(22)23/h3-5,9,12-13H,2,6H2,1H3. The van der Waals surface area contributed by atoms with Gasteiger partial charge in [0.05, 0.1) is 22.5 Å². The maximum Gasteiger partial charge on any atom is 0.331 e. The summed E-state index contributed by atoms with van der Waals surface area (Å²) >= 11 is 0. The molecule has 24 heavy (non-hydrogen) atoms. The van der Waals surface area contributed by atoms with Gasteiger partial charge in [0.25, 0.3) is 5.69 Å². The van der Waals surface area contributed by atoms with Gasteiger partial charge in [-0.2, -0.15) is 0 Å². The summed E-state index contributed by atoms with van der Waals surface area (Å²) in [6, 6.07) is 1.35.